The zero-order valence-electron chi connectivity index (χ0n) is 21.2. The Balaban J connectivity index is 0.00000281. The van der Waals surface area contributed by atoms with Crippen molar-refractivity contribution < 1.29 is 14.7 Å². The fourth-order valence-corrected chi connectivity index (χ4v) is 4.68. The molecule has 0 spiro atoms. The fourth-order valence-electron chi connectivity index (χ4n) is 4.18. The van der Waals surface area contributed by atoms with Gasteiger partial charge in [-0.3, -0.25) is 14.5 Å². The number of likely N-dealkylation sites (tertiary alicyclic amines) is 1. The van der Waals surface area contributed by atoms with Crippen LogP contribution in [0, 0.1) is 11.8 Å². The minimum absolute atomic E-state index is 0.00156. The van der Waals surface area contributed by atoms with Crippen LogP contribution in [0.15, 0.2) is 40.4 Å². The maximum absolute atomic E-state index is 12.1. The van der Waals surface area contributed by atoms with Crippen molar-refractivity contribution in [3.8, 4) is 0 Å². The third-order valence-corrected chi connectivity index (χ3v) is 6.82. The van der Waals surface area contributed by atoms with Crippen molar-refractivity contribution in [3.05, 3.63) is 35.4 Å². The SMILES string of the molecule is CC.CCC(=O)NCCC(CP)C(C(=O)O)N1CCC(/C(C)=C/NC2=CCC=C(N)N=C2)CC1. The van der Waals surface area contributed by atoms with Crippen molar-refractivity contribution in [3.63, 3.8) is 0 Å². The first-order valence-electron chi connectivity index (χ1n) is 12.4. The highest BCUT2D eigenvalue weighted by Crippen LogP contribution is 2.28. The van der Waals surface area contributed by atoms with Crippen LogP contribution < -0.4 is 16.4 Å². The van der Waals surface area contributed by atoms with Crippen LogP contribution in [0.4, 0.5) is 0 Å². The summed E-state index contributed by atoms with van der Waals surface area (Å²) in [5.74, 6) is 0.140. The number of nitrogens with one attached hydrogen (secondary N) is 2. The molecule has 8 nitrogen and oxygen atoms in total. The molecule has 0 aliphatic carbocycles. The molecule has 9 heteroatoms. The van der Waals surface area contributed by atoms with Crippen molar-refractivity contribution in [2.24, 2.45) is 22.6 Å². The molecule has 1 amide bonds. The number of amides is 1. The molecule has 0 aromatic heterocycles. The van der Waals surface area contributed by atoms with E-state index in [-0.39, 0.29) is 11.8 Å². The van der Waals surface area contributed by atoms with Gasteiger partial charge in [-0.05, 0) is 69.8 Å². The second-order valence-corrected chi connectivity index (χ2v) is 8.87. The number of piperidine rings is 1. The summed E-state index contributed by atoms with van der Waals surface area (Å²) in [6.45, 7) is 9.94. The summed E-state index contributed by atoms with van der Waals surface area (Å²) in [5, 5.41) is 16.1. The lowest BCUT2D eigenvalue weighted by Gasteiger charge is -2.39. The highest BCUT2D eigenvalue weighted by Gasteiger charge is 2.35. The van der Waals surface area contributed by atoms with E-state index in [1.54, 1.807) is 6.21 Å². The number of rotatable bonds is 11. The first kappa shape index (κ1) is 29.9. The molecule has 0 aromatic rings. The molecule has 3 unspecified atom stereocenters. The Morgan fingerprint density at radius 1 is 1.32 bits per heavy atom. The Labute approximate surface area is 207 Å². The molecular weight excluding hydrogens is 449 g/mol. The van der Waals surface area contributed by atoms with Crippen molar-refractivity contribution in [1.82, 2.24) is 15.5 Å². The molecule has 1 saturated heterocycles. The molecule has 0 aromatic carbocycles. The second-order valence-electron chi connectivity index (χ2n) is 8.40. The molecular formula is C25H44N5O3P. The van der Waals surface area contributed by atoms with E-state index in [1.165, 1.54) is 5.57 Å². The zero-order chi connectivity index (χ0) is 25.5. The number of aliphatic imine (C=N–C) groups is 1. The minimum atomic E-state index is -0.779. The van der Waals surface area contributed by atoms with Crippen molar-refractivity contribution in [1.29, 1.82) is 0 Å². The summed E-state index contributed by atoms with van der Waals surface area (Å²) in [6, 6.07) is -0.528. The topological polar surface area (TPSA) is 120 Å². The average Bonchev–Trinajstić information content (AvgIpc) is 3.06. The Morgan fingerprint density at radius 3 is 2.59 bits per heavy atom. The Hall–Kier alpha value is -2.18. The summed E-state index contributed by atoms with van der Waals surface area (Å²) in [5.41, 5.74) is 7.90. The van der Waals surface area contributed by atoms with Gasteiger partial charge in [0.25, 0.3) is 0 Å². The smallest absolute Gasteiger partial charge is 0.321 e. The quantitative estimate of drug-likeness (QED) is 0.328. The standard InChI is InChI=1S/C23H38N5O3P.C2H6/c1-3-21(29)25-10-7-18(15-32)22(23(30)31)28-11-8-17(9-12-28)16(2)13-26-19-5-4-6-20(24)27-14-19;1-2/h5-6,13-14,17-18,22,26H,3-4,7-12,15,24,32H2,1-2H3,(H,25,29)(H,30,31);1-2H3/b16-13+;. The van der Waals surface area contributed by atoms with Crippen LogP contribution in [0.25, 0.3) is 0 Å². The van der Waals surface area contributed by atoms with E-state index in [0.717, 1.165) is 38.0 Å². The van der Waals surface area contributed by atoms with Crippen LogP contribution in [-0.2, 0) is 9.59 Å². The van der Waals surface area contributed by atoms with Crippen LogP contribution in [0.5, 0.6) is 0 Å². The predicted octanol–water partition coefficient (Wildman–Crippen LogP) is 3.24. The highest BCUT2D eigenvalue weighted by atomic mass is 31.0. The number of hydrogen-bond acceptors (Lipinski definition) is 6. The predicted molar refractivity (Wildman–Crippen MR) is 143 cm³/mol. The van der Waals surface area contributed by atoms with Crippen LogP contribution in [0.2, 0.25) is 0 Å². The Bertz CT molecular complexity index is 771. The van der Waals surface area contributed by atoms with Crippen LogP contribution >= 0.6 is 9.24 Å². The number of allylic oxidation sites excluding steroid dienone is 4. The molecule has 2 aliphatic heterocycles. The first-order chi connectivity index (χ1) is 16.3. The maximum atomic E-state index is 12.1. The molecule has 2 aliphatic rings. The summed E-state index contributed by atoms with van der Waals surface area (Å²) in [6.07, 6.45) is 12.0. The van der Waals surface area contributed by atoms with E-state index in [2.05, 4.69) is 36.7 Å². The van der Waals surface area contributed by atoms with E-state index < -0.39 is 12.0 Å². The van der Waals surface area contributed by atoms with Gasteiger partial charge in [0.05, 0.1) is 11.9 Å². The van der Waals surface area contributed by atoms with E-state index in [1.807, 2.05) is 39.1 Å². The van der Waals surface area contributed by atoms with Gasteiger partial charge in [0.2, 0.25) is 5.91 Å². The summed E-state index contributed by atoms with van der Waals surface area (Å²) < 4.78 is 0. The Kier molecular flexibility index (Phi) is 14.4. The average molecular weight is 494 g/mol. The number of carbonyl (C=O) groups is 2. The molecule has 0 bridgehead atoms. The van der Waals surface area contributed by atoms with Crippen molar-refractivity contribution >= 4 is 27.3 Å². The maximum Gasteiger partial charge on any atom is 0.321 e. The van der Waals surface area contributed by atoms with Gasteiger partial charge in [-0.25, -0.2) is 4.99 Å². The monoisotopic (exact) mass is 493 g/mol. The van der Waals surface area contributed by atoms with E-state index in [4.69, 9.17) is 5.73 Å². The van der Waals surface area contributed by atoms with Gasteiger partial charge in [0.1, 0.15) is 11.9 Å². The van der Waals surface area contributed by atoms with Gasteiger partial charge in [-0.2, -0.15) is 0 Å². The molecule has 34 heavy (non-hydrogen) atoms. The number of hydrogen-bond donors (Lipinski definition) is 4. The van der Waals surface area contributed by atoms with Gasteiger partial charge in [0, 0.05) is 19.2 Å². The lowest BCUT2D eigenvalue weighted by atomic mass is 9.87. The number of aliphatic carboxylic acids is 1. The highest BCUT2D eigenvalue weighted by molar-refractivity contribution is 7.16. The third-order valence-electron chi connectivity index (χ3n) is 6.21. The summed E-state index contributed by atoms with van der Waals surface area (Å²) in [4.78, 5) is 29.9. The molecule has 2 rings (SSSR count). The van der Waals surface area contributed by atoms with Crippen LogP contribution in [0.3, 0.4) is 0 Å². The fraction of sp³-hybridized carbons (Fsp3) is 0.640. The van der Waals surface area contributed by atoms with Gasteiger partial charge < -0.3 is 21.5 Å². The number of nitrogens with two attached hydrogens (primary N) is 1. The molecule has 5 N–H and O–H groups in total. The van der Waals surface area contributed by atoms with E-state index in [0.29, 0.717) is 37.3 Å². The van der Waals surface area contributed by atoms with Gasteiger partial charge >= 0.3 is 5.97 Å². The number of nitrogens with zero attached hydrogens (tertiary/aromatic N) is 2. The molecule has 2 heterocycles. The van der Waals surface area contributed by atoms with E-state index >= 15 is 0 Å². The van der Waals surface area contributed by atoms with Crippen LogP contribution in [0.1, 0.15) is 59.8 Å². The lowest BCUT2D eigenvalue weighted by Crippen LogP contribution is -2.50. The second kappa shape index (κ2) is 16.4. The van der Waals surface area contributed by atoms with Crippen molar-refractivity contribution in [2.75, 3.05) is 25.8 Å². The van der Waals surface area contributed by atoms with Crippen LogP contribution in [-0.4, -0.2) is 59.9 Å². The van der Waals surface area contributed by atoms with Gasteiger partial charge in [-0.1, -0.05) is 32.4 Å². The zero-order valence-corrected chi connectivity index (χ0v) is 22.4. The molecule has 0 saturated carbocycles. The van der Waals surface area contributed by atoms with Gasteiger partial charge in [-0.15, -0.1) is 9.24 Å². The molecule has 3 atom stereocenters. The summed E-state index contributed by atoms with van der Waals surface area (Å²) >= 11 is 0. The molecule has 0 radical (unpaired) electrons. The third kappa shape index (κ3) is 9.98. The van der Waals surface area contributed by atoms with Crippen molar-refractivity contribution in [2.45, 2.75) is 65.8 Å². The lowest BCUT2D eigenvalue weighted by molar-refractivity contribution is -0.146. The number of carbonyl (C=O) groups excluding carboxylic acids is 1. The number of carboxylic acids is 1. The molecule has 192 valence electrons. The normalized spacial score (nSPS) is 19.0. The Morgan fingerprint density at radius 2 is 2.00 bits per heavy atom. The minimum Gasteiger partial charge on any atom is -0.480 e. The first-order valence-corrected chi connectivity index (χ1v) is 13.2. The number of carboxylic acid groups (broad SMARTS) is 1. The van der Waals surface area contributed by atoms with E-state index in [9.17, 15) is 14.7 Å². The van der Waals surface area contributed by atoms with Gasteiger partial charge in [0.15, 0.2) is 0 Å². The summed E-state index contributed by atoms with van der Waals surface area (Å²) in [7, 11) is 2.68. The molecule has 1 fully saturated rings. The largest absolute Gasteiger partial charge is 0.480 e.